The van der Waals surface area contributed by atoms with Crippen LogP contribution in [0, 0.1) is 35.0 Å². The van der Waals surface area contributed by atoms with Crippen molar-refractivity contribution >= 4 is 0 Å². The van der Waals surface area contributed by atoms with Crippen LogP contribution in [0.25, 0.3) is 0 Å². The van der Waals surface area contributed by atoms with Crippen LogP contribution in [0.5, 0.6) is 0 Å². The SMILES string of the molecule is CC(C)C(CC(C)(C)C)C1C=CC(C2CC2)=CC1C. The highest BCUT2D eigenvalue weighted by atomic mass is 14.4. The van der Waals surface area contributed by atoms with Crippen molar-refractivity contribution in [1.29, 1.82) is 0 Å². The van der Waals surface area contributed by atoms with Crippen LogP contribution in [0.15, 0.2) is 23.8 Å². The molecule has 0 aromatic rings. The van der Waals surface area contributed by atoms with Gasteiger partial charge in [-0.1, -0.05) is 59.8 Å². The van der Waals surface area contributed by atoms with Crippen molar-refractivity contribution < 1.29 is 0 Å². The minimum Gasteiger partial charge on any atom is -0.0803 e. The van der Waals surface area contributed by atoms with Gasteiger partial charge in [0.15, 0.2) is 0 Å². The van der Waals surface area contributed by atoms with E-state index in [1.165, 1.54) is 19.3 Å². The third-order valence-electron chi connectivity index (χ3n) is 4.82. The van der Waals surface area contributed by atoms with Gasteiger partial charge in [-0.25, -0.2) is 0 Å². The molecule has 1 fully saturated rings. The van der Waals surface area contributed by atoms with E-state index in [2.05, 4.69) is 59.8 Å². The van der Waals surface area contributed by atoms with Gasteiger partial charge in [-0.3, -0.25) is 0 Å². The highest BCUT2D eigenvalue weighted by Gasteiger charge is 2.33. The summed E-state index contributed by atoms with van der Waals surface area (Å²) in [5, 5.41) is 0. The monoisotopic (exact) mass is 260 g/mol. The first-order valence-electron chi connectivity index (χ1n) is 8.18. The molecule has 0 heterocycles. The fourth-order valence-corrected chi connectivity index (χ4v) is 3.61. The second-order valence-corrected chi connectivity index (χ2v) is 8.41. The van der Waals surface area contributed by atoms with Crippen LogP contribution in [-0.2, 0) is 0 Å². The van der Waals surface area contributed by atoms with Crippen LogP contribution >= 0.6 is 0 Å². The molecule has 2 aliphatic rings. The number of hydrogen-bond donors (Lipinski definition) is 0. The summed E-state index contributed by atoms with van der Waals surface area (Å²) in [6.07, 6.45) is 11.7. The van der Waals surface area contributed by atoms with Crippen molar-refractivity contribution in [1.82, 2.24) is 0 Å². The molecule has 2 rings (SSSR count). The summed E-state index contributed by atoms with van der Waals surface area (Å²) in [5.74, 6) is 3.94. The third-order valence-corrected chi connectivity index (χ3v) is 4.82. The zero-order valence-electron chi connectivity index (χ0n) is 13.7. The fraction of sp³-hybridized carbons (Fsp3) is 0.789. The number of hydrogen-bond acceptors (Lipinski definition) is 0. The van der Waals surface area contributed by atoms with Gasteiger partial charge < -0.3 is 0 Å². The molecule has 0 aliphatic heterocycles. The molecule has 0 aromatic carbocycles. The Hall–Kier alpha value is -0.520. The van der Waals surface area contributed by atoms with E-state index in [9.17, 15) is 0 Å². The molecule has 0 spiro atoms. The Morgan fingerprint density at radius 2 is 1.84 bits per heavy atom. The lowest BCUT2D eigenvalue weighted by molar-refractivity contribution is 0.173. The molecule has 108 valence electrons. The molecule has 0 radical (unpaired) electrons. The summed E-state index contributed by atoms with van der Waals surface area (Å²) in [4.78, 5) is 0. The maximum atomic E-state index is 2.57. The van der Waals surface area contributed by atoms with Crippen molar-refractivity contribution in [3.05, 3.63) is 23.8 Å². The van der Waals surface area contributed by atoms with Gasteiger partial charge in [-0.15, -0.1) is 0 Å². The van der Waals surface area contributed by atoms with Gasteiger partial charge in [0.2, 0.25) is 0 Å². The van der Waals surface area contributed by atoms with Crippen LogP contribution in [0.2, 0.25) is 0 Å². The van der Waals surface area contributed by atoms with Gasteiger partial charge in [-0.2, -0.15) is 0 Å². The Bertz CT molecular complexity index is 360. The Labute approximate surface area is 120 Å². The number of allylic oxidation sites excluding steroid dienone is 4. The molecule has 0 heteroatoms. The van der Waals surface area contributed by atoms with E-state index in [1.54, 1.807) is 5.57 Å². The normalized spacial score (nSPS) is 29.5. The standard InChI is InChI=1S/C19H32/c1-13(2)18(12-19(4,5)6)17-10-9-16(11-14(17)3)15-7-8-15/h9-11,13-15,17-18H,7-8,12H2,1-6H3. The summed E-state index contributed by atoms with van der Waals surface area (Å²) in [6, 6.07) is 0. The van der Waals surface area contributed by atoms with Crippen LogP contribution in [0.4, 0.5) is 0 Å². The largest absolute Gasteiger partial charge is 0.0803 e. The predicted octanol–water partition coefficient (Wildman–Crippen LogP) is 5.85. The van der Waals surface area contributed by atoms with E-state index >= 15 is 0 Å². The van der Waals surface area contributed by atoms with Gasteiger partial charge in [0.25, 0.3) is 0 Å². The van der Waals surface area contributed by atoms with Crippen LogP contribution in [-0.4, -0.2) is 0 Å². The smallest absolute Gasteiger partial charge is 0.0139 e. The van der Waals surface area contributed by atoms with E-state index < -0.39 is 0 Å². The first kappa shape index (κ1) is 14.9. The van der Waals surface area contributed by atoms with E-state index in [-0.39, 0.29) is 0 Å². The number of rotatable bonds is 4. The molecule has 0 nitrogen and oxygen atoms in total. The lowest BCUT2D eigenvalue weighted by Gasteiger charge is -2.37. The van der Waals surface area contributed by atoms with Crippen molar-refractivity contribution in [2.24, 2.45) is 35.0 Å². The highest BCUT2D eigenvalue weighted by Crippen LogP contribution is 2.44. The Morgan fingerprint density at radius 3 is 2.26 bits per heavy atom. The molecule has 0 N–H and O–H groups in total. The van der Waals surface area contributed by atoms with Gasteiger partial charge in [0, 0.05) is 0 Å². The summed E-state index contributed by atoms with van der Waals surface area (Å²) in [7, 11) is 0. The summed E-state index contributed by atoms with van der Waals surface area (Å²) in [6.45, 7) is 14.4. The molecule has 0 amide bonds. The average molecular weight is 260 g/mol. The fourth-order valence-electron chi connectivity index (χ4n) is 3.61. The lowest BCUT2D eigenvalue weighted by Crippen LogP contribution is -2.29. The van der Waals surface area contributed by atoms with Crippen molar-refractivity contribution in [3.8, 4) is 0 Å². The van der Waals surface area contributed by atoms with Crippen LogP contribution < -0.4 is 0 Å². The quantitative estimate of drug-likeness (QED) is 0.594. The van der Waals surface area contributed by atoms with Crippen molar-refractivity contribution in [2.45, 2.75) is 60.8 Å². The minimum absolute atomic E-state index is 0.434. The van der Waals surface area contributed by atoms with Gasteiger partial charge >= 0.3 is 0 Å². The topological polar surface area (TPSA) is 0 Å². The molecule has 0 saturated heterocycles. The second-order valence-electron chi connectivity index (χ2n) is 8.41. The summed E-state index contributed by atoms with van der Waals surface area (Å²) >= 11 is 0. The van der Waals surface area contributed by atoms with Crippen molar-refractivity contribution in [3.63, 3.8) is 0 Å². The summed E-state index contributed by atoms with van der Waals surface area (Å²) in [5.41, 5.74) is 2.06. The van der Waals surface area contributed by atoms with Crippen LogP contribution in [0.1, 0.15) is 60.8 Å². The zero-order chi connectivity index (χ0) is 14.2. The van der Waals surface area contributed by atoms with E-state index in [4.69, 9.17) is 0 Å². The molecule has 3 atom stereocenters. The Balaban J connectivity index is 2.08. The Kier molecular flexibility index (Phi) is 4.28. The molecule has 0 aromatic heterocycles. The second kappa shape index (κ2) is 5.46. The maximum Gasteiger partial charge on any atom is -0.0139 e. The van der Waals surface area contributed by atoms with Crippen LogP contribution in [0.3, 0.4) is 0 Å². The summed E-state index contributed by atoms with van der Waals surface area (Å²) < 4.78 is 0. The van der Waals surface area contributed by atoms with Gasteiger partial charge in [0.1, 0.15) is 0 Å². The predicted molar refractivity (Wildman–Crippen MR) is 85.0 cm³/mol. The molecule has 19 heavy (non-hydrogen) atoms. The van der Waals surface area contributed by atoms with E-state index in [0.29, 0.717) is 5.41 Å². The lowest BCUT2D eigenvalue weighted by atomic mass is 9.68. The molecule has 3 unspecified atom stereocenters. The molecule has 1 saturated carbocycles. The van der Waals surface area contributed by atoms with Gasteiger partial charge in [0.05, 0.1) is 0 Å². The van der Waals surface area contributed by atoms with Crippen molar-refractivity contribution in [2.75, 3.05) is 0 Å². The van der Waals surface area contributed by atoms with Gasteiger partial charge in [-0.05, 0) is 59.8 Å². The molecular formula is C19H32. The van der Waals surface area contributed by atoms with E-state index in [0.717, 1.165) is 29.6 Å². The first-order chi connectivity index (χ1) is 8.78. The highest BCUT2D eigenvalue weighted by molar-refractivity contribution is 5.30. The zero-order valence-corrected chi connectivity index (χ0v) is 13.7. The van der Waals surface area contributed by atoms with E-state index in [1.807, 2.05) is 0 Å². The Morgan fingerprint density at radius 1 is 1.21 bits per heavy atom. The average Bonchev–Trinajstić information content (AvgIpc) is 3.08. The third kappa shape index (κ3) is 3.97. The molecular weight excluding hydrogens is 228 g/mol. The molecule has 2 aliphatic carbocycles. The first-order valence-corrected chi connectivity index (χ1v) is 8.18. The molecule has 0 bridgehead atoms. The maximum absolute atomic E-state index is 2.57. The minimum atomic E-state index is 0.434.